The first kappa shape index (κ1) is 15.9. The van der Waals surface area contributed by atoms with Crippen molar-refractivity contribution < 1.29 is 4.39 Å². The highest BCUT2D eigenvalue weighted by atomic mass is 79.9. The Hall–Kier alpha value is -2.55. The molecule has 1 aliphatic rings. The number of nitrogens with zero attached hydrogens (tertiary/aromatic N) is 7. The predicted molar refractivity (Wildman–Crippen MR) is 95.5 cm³/mol. The summed E-state index contributed by atoms with van der Waals surface area (Å²) in [6, 6.07) is 7.09. The molecule has 0 aliphatic carbocycles. The topological polar surface area (TPSA) is 63.0 Å². The van der Waals surface area contributed by atoms with Gasteiger partial charge in [0.2, 0.25) is 0 Å². The van der Waals surface area contributed by atoms with Gasteiger partial charge in [-0.15, -0.1) is 10.2 Å². The molecule has 0 saturated carbocycles. The highest BCUT2D eigenvalue weighted by molar-refractivity contribution is 9.10. The fraction of sp³-hybridized carbons (Fsp3) is 0.250. The van der Waals surface area contributed by atoms with Gasteiger partial charge in [0.05, 0.1) is 0 Å². The summed E-state index contributed by atoms with van der Waals surface area (Å²) in [5, 5.41) is 12.6. The minimum atomic E-state index is -0.314. The summed E-state index contributed by atoms with van der Waals surface area (Å²) < 4.78 is 16.4. The first-order valence-corrected chi connectivity index (χ1v) is 8.65. The Kier molecular flexibility index (Phi) is 4.31. The zero-order valence-electron chi connectivity index (χ0n) is 13.3. The van der Waals surface area contributed by atoms with Gasteiger partial charge >= 0.3 is 0 Å². The zero-order chi connectivity index (χ0) is 17.2. The minimum absolute atomic E-state index is 0.314. The van der Waals surface area contributed by atoms with Crippen molar-refractivity contribution in [2.24, 2.45) is 0 Å². The Labute approximate surface area is 152 Å². The molecule has 1 fully saturated rings. The van der Waals surface area contributed by atoms with E-state index in [1.807, 2.05) is 29.3 Å². The minimum Gasteiger partial charge on any atom is -0.352 e. The van der Waals surface area contributed by atoms with Crippen LogP contribution >= 0.6 is 15.9 Å². The van der Waals surface area contributed by atoms with Crippen molar-refractivity contribution in [1.82, 2.24) is 25.0 Å². The van der Waals surface area contributed by atoms with Crippen LogP contribution < -0.4 is 9.80 Å². The van der Waals surface area contributed by atoms with Crippen LogP contribution in [0.2, 0.25) is 0 Å². The molecule has 3 aromatic heterocycles. The molecule has 7 nitrogen and oxygen atoms in total. The molecule has 3 aromatic rings. The van der Waals surface area contributed by atoms with Crippen molar-refractivity contribution in [2.45, 2.75) is 0 Å². The lowest BCUT2D eigenvalue weighted by atomic mass is 10.3. The number of hydrogen-bond acceptors (Lipinski definition) is 6. The van der Waals surface area contributed by atoms with Gasteiger partial charge in [0.25, 0.3) is 0 Å². The first-order valence-electron chi connectivity index (χ1n) is 7.85. The Bertz CT molecular complexity index is 845. The van der Waals surface area contributed by atoms with E-state index in [0.717, 1.165) is 18.9 Å². The predicted octanol–water partition coefficient (Wildman–Crippen LogP) is 2.29. The van der Waals surface area contributed by atoms with Crippen molar-refractivity contribution in [2.75, 3.05) is 36.0 Å². The van der Waals surface area contributed by atoms with Crippen LogP contribution in [0.1, 0.15) is 0 Å². The standard InChI is InChI=1S/C16H15BrFN7/c17-12-10-13(18)16(19-11-12)24-8-6-23(7-9-24)14-2-3-15(22-21-14)25-5-1-4-20-25/h1-5,10-11H,6-9H2. The third-order valence-corrected chi connectivity index (χ3v) is 4.50. The Balaban J connectivity index is 1.43. The normalized spacial score (nSPS) is 14.8. The maximum absolute atomic E-state index is 14.1. The molecular weight excluding hydrogens is 389 g/mol. The fourth-order valence-electron chi connectivity index (χ4n) is 2.80. The van der Waals surface area contributed by atoms with Gasteiger partial charge in [0.15, 0.2) is 23.3 Å². The first-order chi connectivity index (χ1) is 12.2. The molecule has 1 aliphatic heterocycles. The molecule has 0 amide bonds. The van der Waals surface area contributed by atoms with Gasteiger partial charge in [0.1, 0.15) is 0 Å². The average molecular weight is 404 g/mol. The number of halogens is 2. The van der Waals surface area contributed by atoms with E-state index >= 15 is 0 Å². The molecule has 128 valence electrons. The second-order valence-electron chi connectivity index (χ2n) is 5.63. The van der Waals surface area contributed by atoms with Crippen LogP contribution in [-0.2, 0) is 0 Å². The molecule has 0 bridgehead atoms. The lowest BCUT2D eigenvalue weighted by Gasteiger charge is -2.35. The smallest absolute Gasteiger partial charge is 0.175 e. The molecule has 1 saturated heterocycles. The molecule has 0 radical (unpaired) electrons. The quantitative estimate of drug-likeness (QED) is 0.668. The summed E-state index contributed by atoms with van der Waals surface area (Å²) in [6.45, 7) is 2.81. The highest BCUT2D eigenvalue weighted by Gasteiger charge is 2.21. The van der Waals surface area contributed by atoms with Gasteiger partial charge in [0, 0.05) is 49.2 Å². The molecule has 4 rings (SSSR count). The van der Waals surface area contributed by atoms with E-state index in [4.69, 9.17) is 0 Å². The lowest BCUT2D eigenvalue weighted by Crippen LogP contribution is -2.47. The van der Waals surface area contributed by atoms with Crippen molar-refractivity contribution in [3.63, 3.8) is 0 Å². The molecule has 25 heavy (non-hydrogen) atoms. The van der Waals surface area contributed by atoms with Crippen LogP contribution in [0, 0.1) is 5.82 Å². The van der Waals surface area contributed by atoms with Gasteiger partial charge in [-0.2, -0.15) is 5.10 Å². The van der Waals surface area contributed by atoms with Crippen LogP contribution in [0.3, 0.4) is 0 Å². The summed E-state index contributed by atoms with van der Waals surface area (Å²) in [7, 11) is 0. The molecule has 9 heteroatoms. The number of anilines is 2. The second-order valence-corrected chi connectivity index (χ2v) is 6.55. The van der Waals surface area contributed by atoms with Crippen molar-refractivity contribution in [1.29, 1.82) is 0 Å². The molecule has 4 heterocycles. The Morgan fingerprint density at radius 1 is 1.00 bits per heavy atom. The number of piperazine rings is 1. The van der Waals surface area contributed by atoms with Gasteiger partial charge in [-0.05, 0) is 40.2 Å². The van der Waals surface area contributed by atoms with Gasteiger partial charge in [-0.1, -0.05) is 0 Å². The van der Waals surface area contributed by atoms with E-state index in [1.165, 1.54) is 6.07 Å². The molecule has 0 aromatic carbocycles. The molecular formula is C16H15BrFN7. The number of hydrogen-bond donors (Lipinski definition) is 0. The number of pyridine rings is 1. The lowest BCUT2D eigenvalue weighted by molar-refractivity contribution is 0.585. The van der Waals surface area contributed by atoms with E-state index in [2.05, 4.69) is 41.1 Å². The van der Waals surface area contributed by atoms with E-state index < -0.39 is 0 Å². The van der Waals surface area contributed by atoms with Crippen molar-refractivity contribution in [3.05, 3.63) is 53.1 Å². The molecule has 0 unspecified atom stereocenters. The highest BCUT2D eigenvalue weighted by Crippen LogP contribution is 2.22. The fourth-order valence-corrected chi connectivity index (χ4v) is 3.10. The summed E-state index contributed by atoms with van der Waals surface area (Å²) in [5.41, 5.74) is 0. The van der Waals surface area contributed by atoms with Crippen LogP contribution in [0.15, 0.2) is 47.3 Å². The second kappa shape index (κ2) is 6.75. The van der Waals surface area contributed by atoms with Crippen LogP contribution in [0.5, 0.6) is 0 Å². The average Bonchev–Trinajstić information content (AvgIpc) is 3.17. The Morgan fingerprint density at radius 3 is 2.36 bits per heavy atom. The van der Waals surface area contributed by atoms with Gasteiger partial charge in [-0.3, -0.25) is 0 Å². The monoisotopic (exact) mass is 403 g/mol. The number of aromatic nitrogens is 5. The largest absolute Gasteiger partial charge is 0.352 e. The van der Waals surface area contributed by atoms with E-state index in [1.54, 1.807) is 17.1 Å². The maximum atomic E-state index is 14.1. The SMILES string of the molecule is Fc1cc(Br)cnc1N1CCN(c2ccc(-n3cccn3)nn2)CC1. The van der Waals surface area contributed by atoms with Gasteiger partial charge in [-0.25, -0.2) is 14.1 Å². The van der Waals surface area contributed by atoms with E-state index in [9.17, 15) is 4.39 Å². The third kappa shape index (κ3) is 3.32. The number of rotatable bonds is 3. The molecule has 0 N–H and O–H groups in total. The van der Waals surface area contributed by atoms with Crippen LogP contribution in [0.25, 0.3) is 5.82 Å². The summed E-state index contributed by atoms with van der Waals surface area (Å²) in [5.74, 6) is 1.56. The van der Waals surface area contributed by atoms with Crippen LogP contribution in [-0.4, -0.2) is 51.1 Å². The molecule has 0 spiro atoms. The van der Waals surface area contributed by atoms with E-state index in [0.29, 0.717) is 29.2 Å². The summed E-state index contributed by atoms with van der Waals surface area (Å²) >= 11 is 3.23. The van der Waals surface area contributed by atoms with E-state index in [-0.39, 0.29) is 5.82 Å². The van der Waals surface area contributed by atoms with Crippen molar-refractivity contribution >= 4 is 27.6 Å². The van der Waals surface area contributed by atoms with Crippen LogP contribution in [0.4, 0.5) is 16.0 Å². The summed E-state index contributed by atoms with van der Waals surface area (Å²) in [4.78, 5) is 8.27. The zero-order valence-corrected chi connectivity index (χ0v) is 14.8. The maximum Gasteiger partial charge on any atom is 0.175 e. The van der Waals surface area contributed by atoms with Crippen molar-refractivity contribution in [3.8, 4) is 5.82 Å². The van der Waals surface area contributed by atoms with Gasteiger partial charge < -0.3 is 9.80 Å². The summed E-state index contributed by atoms with van der Waals surface area (Å²) in [6.07, 6.45) is 5.14. The molecule has 0 atom stereocenters. The Morgan fingerprint density at radius 2 is 1.72 bits per heavy atom. The third-order valence-electron chi connectivity index (χ3n) is 4.07.